The maximum Gasteiger partial charge on any atom is 0.312 e. The molecule has 3 aliphatic heterocycles. The fraction of sp³-hybridized carbons (Fsp3) is 0.375. The van der Waals surface area contributed by atoms with Crippen LogP contribution in [0.5, 0.6) is 11.5 Å². The number of amides is 1. The Hall–Kier alpha value is -2.86. The summed E-state index contributed by atoms with van der Waals surface area (Å²) in [6.07, 6.45) is 1.60. The summed E-state index contributed by atoms with van der Waals surface area (Å²) in [6.45, 7) is 2.67. The Morgan fingerprint density at radius 3 is 2.65 bits per heavy atom. The molecule has 0 bridgehead atoms. The van der Waals surface area contributed by atoms with Crippen molar-refractivity contribution in [2.75, 3.05) is 13.1 Å². The number of carbonyl (C=O) groups excluding carboxylic acids is 3. The first-order chi connectivity index (χ1) is 14.8. The van der Waals surface area contributed by atoms with Gasteiger partial charge in [0.2, 0.25) is 5.91 Å². The smallest absolute Gasteiger partial charge is 0.312 e. The largest absolute Gasteiger partial charge is 0.485 e. The lowest BCUT2D eigenvalue weighted by Crippen LogP contribution is -2.52. The molecule has 6 nitrogen and oxygen atoms in total. The number of nitrogens with zero attached hydrogens (tertiary/aromatic N) is 1. The number of Topliss-reactive ketones (excluding diaryl/α,β-unsaturated/α-hetero) is 1. The maximum absolute atomic E-state index is 13.1. The van der Waals surface area contributed by atoms with Crippen LogP contribution in [0.1, 0.15) is 60.0 Å². The molecule has 0 N–H and O–H groups in total. The Bertz CT molecular complexity index is 1100. The summed E-state index contributed by atoms with van der Waals surface area (Å²) >= 11 is 6.22. The van der Waals surface area contributed by atoms with Crippen molar-refractivity contribution >= 4 is 29.3 Å². The number of esters is 1. The number of fused-ring (bicyclic) bond motifs is 3. The number of hydrogen-bond donors (Lipinski definition) is 0. The lowest BCUT2D eigenvalue weighted by Gasteiger charge is -2.45. The van der Waals surface area contributed by atoms with E-state index in [2.05, 4.69) is 0 Å². The van der Waals surface area contributed by atoms with Gasteiger partial charge in [-0.3, -0.25) is 14.4 Å². The van der Waals surface area contributed by atoms with Crippen molar-refractivity contribution < 1.29 is 23.9 Å². The number of hydrogen-bond acceptors (Lipinski definition) is 5. The van der Waals surface area contributed by atoms with Gasteiger partial charge in [0.05, 0.1) is 18.4 Å². The number of likely N-dealkylation sites (tertiary alicyclic amines) is 1. The predicted octanol–water partition coefficient (Wildman–Crippen LogP) is 4.13. The Balaban J connectivity index is 1.59. The van der Waals surface area contributed by atoms with Crippen molar-refractivity contribution in [2.24, 2.45) is 0 Å². The van der Waals surface area contributed by atoms with E-state index in [4.69, 9.17) is 21.1 Å². The van der Waals surface area contributed by atoms with E-state index in [-0.39, 0.29) is 36.4 Å². The number of rotatable bonds is 1. The quantitative estimate of drug-likeness (QED) is 0.493. The normalized spacial score (nSPS) is 21.7. The summed E-state index contributed by atoms with van der Waals surface area (Å²) in [7, 11) is 0. The Morgan fingerprint density at radius 1 is 1.16 bits per heavy atom. The highest BCUT2D eigenvalue weighted by Gasteiger charge is 2.46. The second kappa shape index (κ2) is 7.38. The highest BCUT2D eigenvalue weighted by molar-refractivity contribution is 6.30. The van der Waals surface area contributed by atoms with Crippen LogP contribution in [0.15, 0.2) is 36.4 Å². The SMILES string of the molecule is CC(=O)N1CCC2(CC1)CC(=O)c1ccc3c(c1O2)C(c1cccc(Cl)c1)CC(=O)O3. The van der Waals surface area contributed by atoms with E-state index < -0.39 is 5.60 Å². The summed E-state index contributed by atoms with van der Waals surface area (Å²) in [4.78, 5) is 39.0. The van der Waals surface area contributed by atoms with Gasteiger partial charge in [-0.15, -0.1) is 0 Å². The lowest BCUT2D eigenvalue weighted by molar-refractivity contribution is -0.135. The van der Waals surface area contributed by atoms with Crippen LogP contribution in [0.3, 0.4) is 0 Å². The molecule has 3 heterocycles. The van der Waals surface area contributed by atoms with Crippen LogP contribution in [-0.2, 0) is 9.59 Å². The summed E-state index contributed by atoms with van der Waals surface area (Å²) in [6, 6.07) is 10.7. The van der Waals surface area contributed by atoms with Crippen LogP contribution in [0.25, 0.3) is 0 Å². The average molecular weight is 440 g/mol. The van der Waals surface area contributed by atoms with Gasteiger partial charge in [-0.1, -0.05) is 23.7 Å². The number of carbonyl (C=O) groups is 3. The monoisotopic (exact) mass is 439 g/mol. The van der Waals surface area contributed by atoms with Gasteiger partial charge in [0.15, 0.2) is 5.78 Å². The van der Waals surface area contributed by atoms with Crippen LogP contribution in [-0.4, -0.2) is 41.3 Å². The lowest BCUT2D eigenvalue weighted by atomic mass is 9.79. The molecule has 2 aromatic carbocycles. The molecular formula is C24H22ClNO5. The van der Waals surface area contributed by atoms with Crippen molar-refractivity contribution in [2.45, 2.75) is 44.1 Å². The molecule has 1 fully saturated rings. The van der Waals surface area contributed by atoms with Gasteiger partial charge in [-0.25, -0.2) is 0 Å². The number of halogens is 1. The molecule has 31 heavy (non-hydrogen) atoms. The van der Waals surface area contributed by atoms with E-state index in [1.54, 1.807) is 30.0 Å². The molecule has 1 spiro atoms. The summed E-state index contributed by atoms with van der Waals surface area (Å²) in [5.41, 5.74) is 1.47. The first-order valence-corrected chi connectivity index (χ1v) is 10.8. The first-order valence-electron chi connectivity index (χ1n) is 10.5. The van der Waals surface area contributed by atoms with Crippen molar-refractivity contribution in [3.8, 4) is 11.5 Å². The minimum absolute atomic E-state index is 0.0158. The first kappa shape index (κ1) is 20.1. The summed E-state index contributed by atoms with van der Waals surface area (Å²) in [5.74, 6) is 0.326. The Kier molecular flexibility index (Phi) is 4.77. The molecule has 3 aliphatic rings. The van der Waals surface area contributed by atoms with Crippen molar-refractivity contribution in [3.05, 3.63) is 58.1 Å². The molecule has 7 heteroatoms. The molecule has 1 atom stereocenters. The van der Waals surface area contributed by atoms with Gasteiger partial charge in [0.25, 0.3) is 0 Å². The standard InChI is InChI=1S/C24H22ClNO5/c1-14(27)26-9-7-24(8-10-26)13-19(28)17-5-6-20-22(23(17)31-24)18(12-21(29)30-20)15-3-2-4-16(25)11-15/h2-6,11,18H,7-10,12-13H2,1H3. The summed E-state index contributed by atoms with van der Waals surface area (Å²) in [5, 5.41) is 0.577. The highest BCUT2D eigenvalue weighted by Crippen LogP contribution is 2.50. The number of ketones is 1. The van der Waals surface area contributed by atoms with E-state index in [9.17, 15) is 14.4 Å². The number of piperidine rings is 1. The molecular weight excluding hydrogens is 418 g/mol. The molecule has 5 rings (SSSR count). The van der Waals surface area contributed by atoms with Crippen LogP contribution in [0.2, 0.25) is 5.02 Å². The van der Waals surface area contributed by atoms with Gasteiger partial charge in [-0.2, -0.15) is 0 Å². The molecule has 1 saturated heterocycles. The van der Waals surface area contributed by atoms with Crippen LogP contribution >= 0.6 is 11.6 Å². The third kappa shape index (κ3) is 3.49. The zero-order valence-corrected chi connectivity index (χ0v) is 17.9. The molecule has 0 radical (unpaired) electrons. The van der Waals surface area contributed by atoms with Gasteiger partial charge >= 0.3 is 5.97 Å². The molecule has 0 saturated carbocycles. The molecule has 1 unspecified atom stereocenters. The fourth-order valence-electron chi connectivity index (χ4n) is 4.92. The number of benzene rings is 2. The zero-order chi connectivity index (χ0) is 21.8. The molecule has 160 valence electrons. The van der Waals surface area contributed by atoms with Crippen LogP contribution in [0, 0.1) is 0 Å². The third-order valence-corrected chi connectivity index (χ3v) is 6.81. The van der Waals surface area contributed by atoms with E-state index in [1.807, 2.05) is 18.2 Å². The second-order valence-electron chi connectivity index (χ2n) is 8.53. The van der Waals surface area contributed by atoms with Gasteiger partial charge in [0.1, 0.15) is 17.1 Å². The molecule has 0 aromatic heterocycles. The van der Waals surface area contributed by atoms with Gasteiger partial charge in [0, 0.05) is 49.4 Å². The van der Waals surface area contributed by atoms with Crippen molar-refractivity contribution in [1.29, 1.82) is 0 Å². The maximum atomic E-state index is 13.1. The minimum atomic E-state index is -0.647. The Morgan fingerprint density at radius 2 is 1.94 bits per heavy atom. The fourth-order valence-corrected chi connectivity index (χ4v) is 5.12. The molecule has 2 aromatic rings. The van der Waals surface area contributed by atoms with Crippen molar-refractivity contribution in [3.63, 3.8) is 0 Å². The topological polar surface area (TPSA) is 72.9 Å². The van der Waals surface area contributed by atoms with Crippen LogP contribution < -0.4 is 9.47 Å². The summed E-state index contributed by atoms with van der Waals surface area (Å²) < 4.78 is 12.1. The van der Waals surface area contributed by atoms with E-state index in [0.29, 0.717) is 48.0 Å². The average Bonchev–Trinajstić information content (AvgIpc) is 2.73. The Labute approximate surface area is 185 Å². The molecule has 1 amide bonds. The van der Waals surface area contributed by atoms with Gasteiger partial charge < -0.3 is 14.4 Å². The van der Waals surface area contributed by atoms with E-state index in [0.717, 1.165) is 11.1 Å². The third-order valence-electron chi connectivity index (χ3n) is 6.57. The zero-order valence-electron chi connectivity index (χ0n) is 17.2. The second-order valence-corrected chi connectivity index (χ2v) is 8.97. The van der Waals surface area contributed by atoms with Crippen molar-refractivity contribution in [1.82, 2.24) is 4.90 Å². The van der Waals surface area contributed by atoms with Gasteiger partial charge in [-0.05, 0) is 29.8 Å². The molecule has 0 aliphatic carbocycles. The van der Waals surface area contributed by atoms with E-state index >= 15 is 0 Å². The minimum Gasteiger partial charge on any atom is -0.485 e. The predicted molar refractivity (Wildman–Crippen MR) is 114 cm³/mol. The highest BCUT2D eigenvalue weighted by atomic mass is 35.5. The van der Waals surface area contributed by atoms with E-state index in [1.165, 1.54) is 0 Å². The van der Waals surface area contributed by atoms with Crippen LogP contribution in [0.4, 0.5) is 0 Å². The number of ether oxygens (including phenoxy) is 2.